The van der Waals surface area contributed by atoms with Gasteiger partial charge in [-0.15, -0.1) is 0 Å². The molecular formula is C12H26O19S3. The number of hydrogen-bond donors (Lipinski definition) is 12. The van der Waals surface area contributed by atoms with Crippen molar-refractivity contribution >= 4 is 36.3 Å². The van der Waals surface area contributed by atoms with Gasteiger partial charge in [0.2, 0.25) is 0 Å². The van der Waals surface area contributed by atoms with Gasteiger partial charge >= 0.3 is 41.3 Å². The van der Waals surface area contributed by atoms with E-state index in [1.807, 2.05) is 6.92 Å². The first-order valence-corrected chi connectivity index (χ1v) is 12.7. The Balaban J connectivity index is 0. The second-order valence-corrected chi connectivity index (χ2v) is 11.4. The highest BCUT2D eigenvalue weighted by molar-refractivity contribution is 7.94. The minimum absolute atomic E-state index is 0.156. The molecule has 0 aromatic carbocycles. The zero-order valence-corrected chi connectivity index (χ0v) is 19.5. The van der Waals surface area contributed by atoms with Gasteiger partial charge in [0.15, 0.2) is 0 Å². The fourth-order valence-electron chi connectivity index (χ4n) is 2.21. The zero-order chi connectivity index (χ0) is 28.2. The Morgan fingerprint density at radius 2 is 1.12 bits per heavy atom. The second kappa shape index (κ2) is 11.3. The van der Waals surface area contributed by atoms with Crippen LogP contribution >= 0.6 is 0 Å². The Labute approximate surface area is 192 Å². The molecule has 0 unspecified atom stereocenters. The van der Waals surface area contributed by atoms with E-state index >= 15 is 0 Å². The van der Waals surface area contributed by atoms with E-state index in [1.54, 1.807) is 0 Å². The summed E-state index contributed by atoms with van der Waals surface area (Å²) in [7, 11) is -20.6. The highest BCUT2D eigenvalue weighted by Gasteiger charge is 2.84. The molecule has 0 radical (unpaired) electrons. The number of aliphatic hydroxyl groups is 8. The summed E-state index contributed by atoms with van der Waals surface area (Å²) >= 11 is 0. The highest BCUT2D eigenvalue weighted by Crippen LogP contribution is 2.45. The highest BCUT2D eigenvalue weighted by atomic mass is 32.2. The fraction of sp³-hybridized carbons (Fsp3) is 0.917. The van der Waals surface area contributed by atoms with Gasteiger partial charge in [0.1, 0.15) is 6.10 Å². The maximum Gasteiger partial charge on any atom is 0.359 e. The van der Waals surface area contributed by atoms with Crippen LogP contribution < -0.4 is 0 Å². The van der Waals surface area contributed by atoms with E-state index in [1.165, 1.54) is 0 Å². The summed E-state index contributed by atoms with van der Waals surface area (Å²) in [4.78, 5) is -6.01. The molecule has 0 saturated heterocycles. The lowest BCUT2D eigenvalue weighted by Gasteiger charge is -2.44. The number of rotatable bonds is 12. The van der Waals surface area contributed by atoms with Crippen molar-refractivity contribution in [3.8, 4) is 0 Å². The van der Waals surface area contributed by atoms with Crippen LogP contribution in [0.1, 0.15) is 13.3 Å². The van der Waals surface area contributed by atoms with Crippen molar-refractivity contribution in [2.75, 3.05) is 26.4 Å². The van der Waals surface area contributed by atoms with Crippen LogP contribution in [0.5, 0.6) is 0 Å². The molecule has 0 aromatic rings. The van der Waals surface area contributed by atoms with E-state index < -0.39 is 69.2 Å². The Morgan fingerprint density at radius 3 is 1.24 bits per heavy atom. The van der Waals surface area contributed by atoms with Crippen LogP contribution in [-0.2, 0) is 35.1 Å². The summed E-state index contributed by atoms with van der Waals surface area (Å²) in [5.41, 5.74) is -0.667. The molecule has 0 aromatic heterocycles. The first-order chi connectivity index (χ1) is 14.9. The third-order valence-corrected chi connectivity index (χ3v) is 8.94. The lowest BCUT2D eigenvalue weighted by molar-refractivity contribution is -0.197. The third-order valence-electron chi connectivity index (χ3n) is 4.76. The van der Waals surface area contributed by atoms with Crippen LogP contribution in [0.2, 0.25) is 0 Å². The van der Waals surface area contributed by atoms with Gasteiger partial charge in [-0.3, -0.25) is 13.7 Å². The van der Waals surface area contributed by atoms with Crippen molar-refractivity contribution < 1.29 is 89.7 Å². The summed E-state index contributed by atoms with van der Waals surface area (Å²) in [6, 6.07) is 0. The molecule has 0 bridgehead atoms. The zero-order valence-electron chi connectivity index (χ0n) is 17.1. The standard InChI is InChI=1S/C6H12O16S3.C6H14O3/c7-1-2(8)4(11,23(14,15)16)6(13,25(20,21)22)5(12,3(9)10)24(17,18)19;1-2-6(3-7,4-8)5-9/h2,7-8,11-13H,1H2,(H,9,10)(H,14,15,16)(H,17,18,19)(H,20,21,22);7-9H,2-5H2,1H3/t2-,4+,5-,6-;/m1./s1. The molecule has 0 rings (SSSR count). The quantitative estimate of drug-likeness (QED) is 0.0969. The molecule has 0 saturated carbocycles. The molecule has 4 atom stereocenters. The largest absolute Gasteiger partial charge is 0.478 e. The molecule has 12 N–H and O–H groups in total. The average Bonchev–Trinajstić information content (AvgIpc) is 2.71. The van der Waals surface area contributed by atoms with Crippen LogP contribution in [0.15, 0.2) is 0 Å². The predicted molar refractivity (Wildman–Crippen MR) is 104 cm³/mol. The van der Waals surface area contributed by atoms with E-state index in [4.69, 9.17) is 39.2 Å². The lowest BCUT2D eigenvalue weighted by Crippen LogP contribution is -2.81. The van der Waals surface area contributed by atoms with Crippen molar-refractivity contribution in [1.82, 2.24) is 0 Å². The van der Waals surface area contributed by atoms with Crippen LogP contribution in [0.25, 0.3) is 0 Å². The fourth-order valence-corrected chi connectivity index (χ4v) is 6.13. The minimum atomic E-state index is -7.02. The molecule has 0 amide bonds. The van der Waals surface area contributed by atoms with Crippen molar-refractivity contribution in [2.24, 2.45) is 5.41 Å². The van der Waals surface area contributed by atoms with Crippen LogP contribution in [0, 0.1) is 5.41 Å². The summed E-state index contributed by atoms with van der Waals surface area (Å²) in [6.45, 7) is -0.762. The van der Waals surface area contributed by atoms with E-state index in [9.17, 15) is 50.5 Å². The summed E-state index contributed by atoms with van der Waals surface area (Å²) in [5.74, 6) is -3.48. The Hall–Kier alpha value is -1.12. The smallest absolute Gasteiger partial charge is 0.359 e. The molecule has 0 spiro atoms. The molecule has 0 aliphatic carbocycles. The van der Waals surface area contributed by atoms with Crippen molar-refractivity contribution in [2.45, 2.75) is 34.2 Å². The van der Waals surface area contributed by atoms with Gasteiger partial charge in [-0.2, -0.15) is 25.3 Å². The molecule has 22 heteroatoms. The number of aliphatic hydroxyl groups excluding tert-OH is 5. The van der Waals surface area contributed by atoms with Crippen LogP contribution in [0.3, 0.4) is 0 Å². The van der Waals surface area contributed by atoms with Crippen LogP contribution in [0.4, 0.5) is 0 Å². The van der Waals surface area contributed by atoms with Gasteiger partial charge in [0.25, 0.3) is 9.87 Å². The molecule has 0 fully saturated rings. The first-order valence-electron chi connectivity index (χ1n) is 8.35. The van der Waals surface area contributed by atoms with Gasteiger partial charge in [-0.25, -0.2) is 4.79 Å². The maximum absolute atomic E-state index is 11.3. The average molecular weight is 571 g/mol. The summed E-state index contributed by atoms with van der Waals surface area (Å²) in [6.07, 6.45) is -3.06. The molecule has 34 heavy (non-hydrogen) atoms. The number of carbonyl (C=O) groups is 1. The van der Waals surface area contributed by atoms with E-state index in [0.717, 1.165) is 0 Å². The normalized spacial score (nSPS) is 19.5. The Kier molecular flexibility index (Phi) is 11.6. The van der Waals surface area contributed by atoms with Crippen molar-refractivity contribution in [3.05, 3.63) is 0 Å². The minimum Gasteiger partial charge on any atom is -0.478 e. The summed E-state index contributed by atoms with van der Waals surface area (Å²) < 4.78 is 94.0. The lowest BCUT2D eigenvalue weighted by atomic mass is 9.88. The molecule has 0 aliphatic heterocycles. The molecular weight excluding hydrogens is 544 g/mol. The predicted octanol–water partition coefficient (Wildman–Crippen LogP) is -6.49. The second-order valence-electron chi connectivity index (χ2n) is 6.74. The van der Waals surface area contributed by atoms with Crippen LogP contribution in [-0.4, -0.2) is 138 Å². The molecule has 206 valence electrons. The van der Waals surface area contributed by atoms with Gasteiger partial charge in [-0.1, -0.05) is 6.92 Å². The number of hydrogen-bond acceptors (Lipinski definition) is 15. The summed E-state index contributed by atoms with van der Waals surface area (Å²) in [5, 5.41) is 81.8. The SMILES string of the molecule is CCC(CO)(CO)CO.O=C(O)[C@](O)([C@@](O)([C@](O)([C@H](O)CO)S(=O)(=O)O)S(=O)(=O)O)S(=O)(=O)O. The van der Waals surface area contributed by atoms with E-state index in [0.29, 0.717) is 6.42 Å². The molecule has 0 aliphatic rings. The monoisotopic (exact) mass is 570 g/mol. The van der Waals surface area contributed by atoms with Gasteiger partial charge in [0.05, 0.1) is 26.4 Å². The molecule has 19 nitrogen and oxygen atoms in total. The Morgan fingerprint density at radius 1 is 0.765 bits per heavy atom. The number of carboxylic acids is 1. The molecule has 0 heterocycles. The van der Waals surface area contributed by atoms with Gasteiger partial charge in [-0.05, 0) is 6.42 Å². The van der Waals surface area contributed by atoms with Crippen molar-refractivity contribution in [3.63, 3.8) is 0 Å². The van der Waals surface area contributed by atoms with Gasteiger partial charge < -0.3 is 46.0 Å². The van der Waals surface area contributed by atoms with Crippen molar-refractivity contribution in [1.29, 1.82) is 0 Å². The number of carboxylic acid groups (broad SMARTS) is 1. The maximum atomic E-state index is 11.3. The number of aliphatic carboxylic acids is 1. The van der Waals surface area contributed by atoms with E-state index in [2.05, 4.69) is 0 Å². The Bertz CT molecular complexity index is 997. The van der Waals surface area contributed by atoms with Gasteiger partial charge in [0, 0.05) is 5.41 Å². The topological polar surface area (TPSA) is 362 Å². The first kappa shape index (κ1) is 35.0. The third kappa shape index (κ3) is 5.65. The van der Waals surface area contributed by atoms with E-state index in [-0.39, 0.29) is 19.8 Å².